The summed E-state index contributed by atoms with van der Waals surface area (Å²) in [7, 11) is -4.34. The molecule has 1 heterocycles. The molecule has 38 heavy (non-hydrogen) atoms. The van der Waals surface area contributed by atoms with Crippen molar-refractivity contribution < 1.29 is 46.7 Å². The van der Waals surface area contributed by atoms with Crippen molar-refractivity contribution in [2.45, 2.75) is 83.7 Å². The second-order valence-electron chi connectivity index (χ2n) is 12.4. The molecule has 0 spiro atoms. The number of allylic oxidation sites excluding steroid dienone is 3. The summed E-state index contributed by atoms with van der Waals surface area (Å²) in [5, 5.41) is 11.0. The van der Waals surface area contributed by atoms with Crippen LogP contribution in [-0.2, 0) is 38.7 Å². The number of aliphatic hydroxyl groups is 1. The van der Waals surface area contributed by atoms with E-state index in [0.717, 1.165) is 12.0 Å². The van der Waals surface area contributed by atoms with E-state index >= 15 is 0 Å². The molecule has 0 bridgehead atoms. The van der Waals surface area contributed by atoms with Crippen molar-refractivity contribution in [3.63, 3.8) is 0 Å². The maximum atomic E-state index is 13.9. The zero-order valence-electron chi connectivity index (χ0n) is 22.2. The first-order chi connectivity index (χ1) is 17.5. The van der Waals surface area contributed by atoms with Crippen LogP contribution in [-0.4, -0.2) is 65.5 Å². The number of hydrogen-bond donors (Lipinski definition) is 2. The molecule has 0 radical (unpaired) electrons. The number of carbonyl (C=O) groups is 3. The number of carbonyl (C=O) groups excluding carboxylic acids is 3. The maximum absolute atomic E-state index is 13.9. The van der Waals surface area contributed by atoms with Crippen LogP contribution < -0.4 is 0 Å². The standard InChI is InChI=1S/C27H36O10S/c1-24(2)36-22-13-19-17-6-5-15-11-16(28)12-20(29)26(15,4)18(17)7-9-25(19,3)27(22,37-24)21(30)14-35-23(31)8-10-38(32,33)34/h11-12,17-19,22,29H,5-10,13-14H2,1-4H3,(H,32,33,34)/t17-,18+,19+,22-,25+,26+,27-/m1/s1. The van der Waals surface area contributed by atoms with Crippen LogP contribution in [0.5, 0.6) is 0 Å². The Morgan fingerprint density at radius 2 is 1.84 bits per heavy atom. The van der Waals surface area contributed by atoms with Gasteiger partial charge in [-0.2, -0.15) is 8.42 Å². The minimum absolute atomic E-state index is 0.0327. The first-order valence-corrected chi connectivity index (χ1v) is 14.8. The molecule has 5 rings (SSSR count). The lowest BCUT2D eigenvalue weighted by atomic mass is 9.46. The van der Waals surface area contributed by atoms with E-state index < -0.39 is 69.0 Å². The summed E-state index contributed by atoms with van der Waals surface area (Å²) in [6, 6.07) is 0. The van der Waals surface area contributed by atoms with Gasteiger partial charge in [0.2, 0.25) is 5.78 Å². The Kier molecular flexibility index (Phi) is 6.30. The second-order valence-corrected chi connectivity index (χ2v) is 13.9. The summed E-state index contributed by atoms with van der Waals surface area (Å²) in [6.07, 6.45) is 5.24. The SMILES string of the molecule is CC1(C)O[C@@H]2C[C@H]3[C@@H]4CCC5=CC(=O)C=C(O)[C@]5(C)[C@H]4CC[C@]3(C)[C@]2(C(=O)COC(=O)CCS(=O)(=O)O)O1. The third kappa shape index (κ3) is 4.00. The van der Waals surface area contributed by atoms with Gasteiger partial charge in [-0.3, -0.25) is 18.9 Å². The van der Waals surface area contributed by atoms with Gasteiger partial charge in [-0.25, -0.2) is 0 Å². The molecule has 2 N–H and O–H groups in total. The highest BCUT2D eigenvalue weighted by atomic mass is 32.2. The average Bonchev–Trinajstić information content (AvgIpc) is 3.22. The number of rotatable bonds is 6. The predicted molar refractivity (Wildman–Crippen MR) is 133 cm³/mol. The van der Waals surface area contributed by atoms with E-state index in [1.165, 1.54) is 6.08 Å². The average molecular weight is 553 g/mol. The number of esters is 1. The van der Waals surface area contributed by atoms with Gasteiger partial charge in [-0.1, -0.05) is 12.5 Å². The third-order valence-electron chi connectivity index (χ3n) is 10.1. The number of ketones is 2. The van der Waals surface area contributed by atoms with Gasteiger partial charge in [-0.05, 0) is 76.7 Å². The molecule has 4 aliphatic carbocycles. The Bertz CT molecular complexity index is 1250. The van der Waals surface area contributed by atoms with Crippen LogP contribution in [0.2, 0.25) is 0 Å². The van der Waals surface area contributed by atoms with Crippen LogP contribution >= 0.6 is 0 Å². The fraction of sp³-hybridized carbons (Fsp3) is 0.741. The largest absolute Gasteiger partial charge is 0.511 e. The normalized spacial score (nSPS) is 41.2. The molecule has 1 saturated heterocycles. The van der Waals surface area contributed by atoms with Crippen molar-refractivity contribution in [2.24, 2.45) is 28.6 Å². The number of Topliss-reactive ketones (excluding diaryl/α,β-unsaturated/α-hetero) is 1. The Balaban J connectivity index is 1.43. The Hall–Kier alpha value is -2.08. The predicted octanol–water partition coefficient (Wildman–Crippen LogP) is 3.07. The van der Waals surface area contributed by atoms with Crippen LogP contribution in [0.15, 0.2) is 23.5 Å². The van der Waals surface area contributed by atoms with Crippen molar-refractivity contribution in [2.75, 3.05) is 12.4 Å². The quantitative estimate of drug-likeness (QED) is 0.371. The van der Waals surface area contributed by atoms with E-state index in [9.17, 15) is 27.9 Å². The smallest absolute Gasteiger partial charge is 0.307 e. The molecule has 10 nitrogen and oxygen atoms in total. The summed E-state index contributed by atoms with van der Waals surface area (Å²) < 4.78 is 48.7. The van der Waals surface area contributed by atoms with Crippen molar-refractivity contribution >= 4 is 27.7 Å². The second kappa shape index (κ2) is 8.71. The molecule has 5 aliphatic rings. The molecule has 0 aromatic rings. The number of ether oxygens (including phenoxy) is 3. The van der Waals surface area contributed by atoms with Crippen molar-refractivity contribution in [3.05, 3.63) is 23.5 Å². The molecule has 0 unspecified atom stereocenters. The first kappa shape index (κ1) is 27.5. The summed E-state index contributed by atoms with van der Waals surface area (Å²) in [5.41, 5.74) is -1.66. The highest BCUT2D eigenvalue weighted by Crippen LogP contribution is 2.70. The highest BCUT2D eigenvalue weighted by Gasteiger charge is 2.76. The summed E-state index contributed by atoms with van der Waals surface area (Å²) in [6.45, 7) is 6.97. The summed E-state index contributed by atoms with van der Waals surface area (Å²) in [4.78, 5) is 38.1. The van der Waals surface area contributed by atoms with E-state index in [2.05, 4.69) is 0 Å². The van der Waals surface area contributed by atoms with E-state index in [1.54, 1.807) is 19.9 Å². The van der Waals surface area contributed by atoms with Crippen LogP contribution in [0.1, 0.15) is 66.2 Å². The van der Waals surface area contributed by atoms with Crippen LogP contribution in [0.25, 0.3) is 0 Å². The first-order valence-electron chi connectivity index (χ1n) is 13.2. The molecule has 1 aliphatic heterocycles. The fourth-order valence-electron chi connectivity index (χ4n) is 8.44. The molecular formula is C27H36O10S. The van der Waals surface area contributed by atoms with Crippen molar-refractivity contribution in [1.29, 1.82) is 0 Å². The fourth-order valence-corrected chi connectivity index (χ4v) is 8.87. The molecule has 210 valence electrons. The molecule has 4 fully saturated rings. The van der Waals surface area contributed by atoms with Crippen molar-refractivity contribution in [1.82, 2.24) is 0 Å². The Morgan fingerprint density at radius 1 is 1.13 bits per heavy atom. The summed E-state index contributed by atoms with van der Waals surface area (Å²) in [5.74, 6) is -2.96. The van der Waals surface area contributed by atoms with Crippen LogP contribution in [0.4, 0.5) is 0 Å². The van der Waals surface area contributed by atoms with Crippen LogP contribution in [0, 0.1) is 28.6 Å². The lowest BCUT2D eigenvalue weighted by molar-refractivity contribution is -0.216. The minimum atomic E-state index is -4.34. The molecule has 7 atom stereocenters. The molecule has 0 aromatic heterocycles. The Labute approximate surface area is 222 Å². The lowest BCUT2D eigenvalue weighted by Gasteiger charge is -2.58. The van der Waals surface area contributed by atoms with E-state index in [1.807, 2.05) is 13.8 Å². The molecule has 0 aromatic carbocycles. The van der Waals surface area contributed by atoms with E-state index in [4.69, 9.17) is 18.8 Å². The maximum Gasteiger partial charge on any atom is 0.307 e. The lowest BCUT2D eigenvalue weighted by Crippen LogP contribution is -2.61. The molecule has 11 heteroatoms. The van der Waals surface area contributed by atoms with E-state index in [-0.39, 0.29) is 29.3 Å². The van der Waals surface area contributed by atoms with Gasteiger partial charge in [0.1, 0.15) is 5.76 Å². The van der Waals surface area contributed by atoms with Gasteiger partial charge in [0.05, 0.1) is 18.3 Å². The highest BCUT2D eigenvalue weighted by molar-refractivity contribution is 7.85. The Morgan fingerprint density at radius 3 is 2.53 bits per heavy atom. The van der Waals surface area contributed by atoms with Gasteiger partial charge < -0.3 is 19.3 Å². The topological polar surface area (TPSA) is 153 Å². The van der Waals surface area contributed by atoms with Gasteiger partial charge in [-0.15, -0.1) is 0 Å². The van der Waals surface area contributed by atoms with Crippen molar-refractivity contribution in [3.8, 4) is 0 Å². The minimum Gasteiger partial charge on any atom is -0.511 e. The molecule has 3 saturated carbocycles. The molecular weight excluding hydrogens is 516 g/mol. The number of fused-ring (bicyclic) bond motifs is 7. The monoisotopic (exact) mass is 552 g/mol. The zero-order valence-corrected chi connectivity index (χ0v) is 23.0. The molecule has 0 amide bonds. The van der Waals surface area contributed by atoms with Gasteiger partial charge >= 0.3 is 5.97 Å². The number of hydrogen-bond acceptors (Lipinski definition) is 9. The van der Waals surface area contributed by atoms with Gasteiger partial charge in [0.15, 0.2) is 23.8 Å². The van der Waals surface area contributed by atoms with Gasteiger partial charge in [0.25, 0.3) is 10.1 Å². The van der Waals surface area contributed by atoms with Crippen LogP contribution in [0.3, 0.4) is 0 Å². The third-order valence-corrected chi connectivity index (χ3v) is 10.8. The number of aliphatic hydroxyl groups excluding tert-OH is 1. The van der Waals surface area contributed by atoms with E-state index in [0.29, 0.717) is 25.7 Å². The summed E-state index contributed by atoms with van der Waals surface area (Å²) >= 11 is 0. The zero-order chi connectivity index (χ0) is 27.9. The van der Waals surface area contributed by atoms with Gasteiger partial charge in [0, 0.05) is 16.9 Å².